The summed E-state index contributed by atoms with van der Waals surface area (Å²) in [5.41, 5.74) is -0.426. The Morgan fingerprint density at radius 3 is 1.48 bits per heavy atom. The molecule has 0 bridgehead atoms. The van der Waals surface area contributed by atoms with Crippen molar-refractivity contribution in [2.75, 3.05) is 19.0 Å². The Kier molecular flexibility index (Phi) is 40.9. The van der Waals surface area contributed by atoms with Gasteiger partial charge < -0.3 is 18.9 Å². The predicted octanol–water partition coefficient (Wildman–Crippen LogP) is 6.82. The molecular weight excluding hydrogens is 617 g/mol. The minimum Gasteiger partial charge on any atom is -0.466 e. The van der Waals surface area contributed by atoms with Gasteiger partial charge in [0, 0.05) is 34.4 Å². The van der Waals surface area contributed by atoms with Crippen LogP contribution in [0, 0.1) is 37.5 Å². The predicted molar refractivity (Wildman–Crippen MR) is 184 cm³/mol. The third-order valence-electron chi connectivity index (χ3n) is 4.21. The molecule has 240 valence electrons. The zero-order chi connectivity index (χ0) is 34.3. The summed E-state index contributed by atoms with van der Waals surface area (Å²) in [7, 11) is 0. The molecule has 0 aromatic heterocycles. The van der Waals surface area contributed by atoms with Crippen molar-refractivity contribution in [2.24, 2.45) is 11.8 Å². The molecule has 0 rings (SSSR count). The number of esters is 4. The monoisotopic (exact) mass is 664 g/mol. The van der Waals surface area contributed by atoms with Crippen molar-refractivity contribution in [1.82, 2.24) is 0 Å². The molecule has 4 unspecified atom stereocenters. The van der Waals surface area contributed by atoms with Crippen molar-refractivity contribution in [1.29, 1.82) is 0 Å². The number of thiocarbonyl (C=S) groups is 2. The zero-order valence-corrected chi connectivity index (χ0v) is 29.4. The quantitative estimate of drug-likeness (QED) is 0.0486. The zero-order valence-electron chi connectivity index (χ0n) is 26.2. The third-order valence-corrected chi connectivity index (χ3v) is 6.59. The van der Waals surface area contributed by atoms with Gasteiger partial charge in [-0.3, -0.25) is 19.2 Å². The molecule has 0 aliphatic carbocycles. The molecule has 0 saturated heterocycles. The molecule has 0 amide bonds. The van der Waals surface area contributed by atoms with Crippen molar-refractivity contribution in [3.63, 3.8) is 0 Å². The van der Waals surface area contributed by atoms with Crippen LogP contribution in [-0.2, 0) is 38.1 Å². The highest BCUT2D eigenvalue weighted by molar-refractivity contribution is 8.23. The lowest BCUT2D eigenvalue weighted by molar-refractivity contribution is -0.153. The summed E-state index contributed by atoms with van der Waals surface area (Å²) in [4.78, 5) is 45.0. The van der Waals surface area contributed by atoms with E-state index in [1.807, 2.05) is 6.92 Å². The van der Waals surface area contributed by atoms with Crippen LogP contribution in [-0.4, -0.2) is 62.8 Å². The van der Waals surface area contributed by atoms with Crippen LogP contribution in [0.3, 0.4) is 0 Å². The molecule has 0 aromatic rings. The molecule has 8 nitrogen and oxygen atoms in total. The van der Waals surface area contributed by atoms with Crippen molar-refractivity contribution < 1.29 is 38.1 Å². The van der Waals surface area contributed by atoms with Gasteiger partial charge in [0.05, 0.1) is 25.0 Å². The molecular formula is C30H48O8S4. The molecule has 0 aliphatic rings. The van der Waals surface area contributed by atoms with Gasteiger partial charge in [-0.1, -0.05) is 50.0 Å². The number of thioether (sulfide) groups is 2. The minimum atomic E-state index is -0.426. The number of rotatable bonds is 14. The molecule has 0 fully saturated rings. The Bertz CT molecular complexity index is 805. The normalized spacial score (nSPS) is 11.8. The lowest BCUT2D eigenvalue weighted by Gasteiger charge is -2.19. The molecule has 0 N–H and O–H groups in total. The van der Waals surface area contributed by atoms with Gasteiger partial charge in [0.1, 0.15) is 6.10 Å². The fraction of sp³-hybridized carbons (Fsp3) is 0.600. The molecule has 12 heteroatoms. The highest BCUT2D eigenvalue weighted by Gasteiger charge is 2.23. The van der Waals surface area contributed by atoms with E-state index in [0.717, 1.165) is 9.95 Å². The Labute approximate surface area is 273 Å². The SMILES string of the molecule is C#C.C#C.C=C.CCOC(=O)C(C)CC(CCSC(C)=S)OC(C)=O.CCOC(=O)C(C)CC(OC(C)=O)SC(C)=S. The van der Waals surface area contributed by atoms with Crippen LogP contribution < -0.4 is 0 Å². The topological polar surface area (TPSA) is 105 Å². The smallest absolute Gasteiger partial charge is 0.308 e. The van der Waals surface area contributed by atoms with E-state index in [1.165, 1.54) is 25.6 Å². The maximum absolute atomic E-state index is 11.6. The minimum absolute atomic E-state index is 0.252. The van der Waals surface area contributed by atoms with E-state index in [4.69, 9.17) is 43.4 Å². The van der Waals surface area contributed by atoms with Crippen LogP contribution in [0.4, 0.5) is 0 Å². The average Bonchev–Trinajstić information content (AvgIpc) is 2.91. The lowest BCUT2D eigenvalue weighted by Crippen LogP contribution is -2.25. The van der Waals surface area contributed by atoms with Gasteiger partial charge in [0.25, 0.3) is 0 Å². The number of ether oxygens (including phenoxy) is 4. The highest BCUT2D eigenvalue weighted by atomic mass is 32.2. The maximum Gasteiger partial charge on any atom is 0.308 e. The maximum atomic E-state index is 11.6. The van der Waals surface area contributed by atoms with Crippen molar-refractivity contribution in [3.05, 3.63) is 13.2 Å². The van der Waals surface area contributed by atoms with E-state index in [9.17, 15) is 19.2 Å². The van der Waals surface area contributed by atoms with Gasteiger partial charge in [-0.25, -0.2) is 0 Å². The molecule has 0 aromatic carbocycles. The first-order valence-electron chi connectivity index (χ1n) is 12.9. The molecule has 0 heterocycles. The summed E-state index contributed by atoms with van der Waals surface area (Å²) in [6, 6.07) is 0. The number of carbonyl (C=O) groups excluding carboxylic acids is 4. The molecule has 0 saturated carbocycles. The van der Waals surface area contributed by atoms with Gasteiger partial charge in [-0.15, -0.1) is 50.6 Å². The van der Waals surface area contributed by atoms with Gasteiger partial charge in [-0.05, 0) is 40.5 Å². The largest absolute Gasteiger partial charge is 0.466 e. The van der Waals surface area contributed by atoms with E-state index in [1.54, 1.807) is 46.4 Å². The number of hydrogen-bond acceptors (Lipinski definition) is 12. The van der Waals surface area contributed by atoms with Crippen LogP contribution in [0.25, 0.3) is 0 Å². The van der Waals surface area contributed by atoms with Gasteiger partial charge >= 0.3 is 23.9 Å². The number of hydrogen-bond donors (Lipinski definition) is 0. The Morgan fingerprint density at radius 2 is 1.14 bits per heavy atom. The first-order valence-corrected chi connectivity index (χ1v) is 15.6. The fourth-order valence-corrected chi connectivity index (χ4v) is 4.91. The van der Waals surface area contributed by atoms with E-state index < -0.39 is 5.44 Å². The van der Waals surface area contributed by atoms with Gasteiger partial charge in [-0.2, -0.15) is 0 Å². The Balaban J connectivity index is -0.000000185. The first kappa shape index (κ1) is 49.3. The summed E-state index contributed by atoms with van der Waals surface area (Å²) in [6.45, 7) is 20.1. The Hall–Kier alpha value is -2.38. The van der Waals surface area contributed by atoms with Crippen LogP contribution in [0.15, 0.2) is 13.2 Å². The van der Waals surface area contributed by atoms with E-state index >= 15 is 0 Å². The van der Waals surface area contributed by atoms with Crippen LogP contribution in [0.5, 0.6) is 0 Å². The van der Waals surface area contributed by atoms with E-state index in [-0.39, 0.29) is 41.8 Å². The van der Waals surface area contributed by atoms with Gasteiger partial charge in [0.2, 0.25) is 0 Å². The van der Waals surface area contributed by atoms with E-state index in [2.05, 4.69) is 38.9 Å². The number of carbonyl (C=O) groups is 4. The second-order valence-corrected chi connectivity index (χ2v) is 12.2. The highest BCUT2D eigenvalue weighted by Crippen LogP contribution is 2.23. The summed E-state index contributed by atoms with van der Waals surface area (Å²) in [5.74, 6) is -1.06. The summed E-state index contributed by atoms with van der Waals surface area (Å²) in [6.07, 6.45) is 17.3. The second kappa shape index (κ2) is 34.8. The summed E-state index contributed by atoms with van der Waals surface area (Å²) >= 11 is 12.8. The van der Waals surface area contributed by atoms with Crippen LogP contribution >= 0.6 is 48.0 Å². The second-order valence-electron chi connectivity index (χ2n) is 7.79. The lowest BCUT2D eigenvalue weighted by atomic mass is 10.0. The fourth-order valence-electron chi connectivity index (χ4n) is 2.73. The standard InChI is InChI=1S/C13H22O4S2.C11H18O4S2.C2H4.2C2H2/c1-5-16-13(15)9(2)8-12(17-10(3)14)6-7-19-11(4)18;1-5-14-11(13)7(2)6-10(15-8(3)12)17-9(4)16;3*1-2/h9,12H,5-8H2,1-4H3;7,10H,5-6H2,1-4H3;1-2H2;2*1-2H. The first-order chi connectivity index (χ1) is 19.7. The van der Waals surface area contributed by atoms with Crippen LogP contribution in [0.1, 0.15) is 74.7 Å². The van der Waals surface area contributed by atoms with Crippen molar-refractivity contribution in [3.8, 4) is 25.7 Å². The molecule has 0 spiro atoms. The van der Waals surface area contributed by atoms with Gasteiger partial charge in [0.15, 0.2) is 5.44 Å². The summed E-state index contributed by atoms with van der Waals surface area (Å²) < 4.78 is 21.7. The molecule has 42 heavy (non-hydrogen) atoms. The molecule has 4 atom stereocenters. The van der Waals surface area contributed by atoms with Crippen molar-refractivity contribution >= 4 is 80.2 Å². The molecule has 0 radical (unpaired) electrons. The number of terminal acetylenes is 2. The van der Waals surface area contributed by atoms with Crippen molar-refractivity contribution in [2.45, 2.75) is 86.2 Å². The summed E-state index contributed by atoms with van der Waals surface area (Å²) in [5, 5.41) is 0. The third kappa shape index (κ3) is 35.6. The average molecular weight is 665 g/mol. The van der Waals surface area contributed by atoms with E-state index in [0.29, 0.717) is 36.7 Å². The van der Waals surface area contributed by atoms with Crippen LogP contribution in [0.2, 0.25) is 0 Å². The molecule has 0 aliphatic heterocycles. The Morgan fingerprint density at radius 1 is 0.738 bits per heavy atom.